The highest BCUT2D eigenvalue weighted by atomic mass is 16.5. The van der Waals surface area contributed by atoms with E-state index in [0.29, 0.717) is 6.61 Å². The van der Waals surface area contributed by atoms with E-state index in [1.165, 1.54) is 5.56 Å². The van der Waals surface area contributed by atoms with Gasteiger partial charge < -0.3 is 15.4 Å². The van der Waals surface area contributed by atoms with Crippen molar-refractivity contribution in [3.05, 3.63) is 29.3 Å². The molecule has 0 aromatic heterocycles. The van der Waals surface area contributed by atoms with E-state index in [1.54, 1.807) is 0 Å². The number of anilines is 1. The molecule has 2 aliphatic rings. The van der Waals surface area contributed by atoms with Crippen LogP contribution in [0.4, 0.5) is 5.69 Å². The molecule has 0 spiro atoms. The molecule has 4 nitrogen and oxygen atoms in total. The first kappa shape index (κ1) is 11.5. The second-order valence-corrected chi connectivity index (χ2v) is 5.37. The summed E-state index contributed by atoms with van der Waals surface area (Å²) in [6.07, 6.45) is 1.88. The number of carbonyl (C=O) groups excluding carboxylic acids is 1. The van der Waals surface area contributed by atoms with E-state index in [1.807, 2.05) is 25.1 Å². The number of benzene rings is 1. The molecule has 2 heterocycles. The molecule has 1 aromatic rings. The molecule has 2 N–H and O–H groups in total. The number of carbonyl (C=O) groups is 1. The second-order valence-electron chi connectivity index (χ2n) is 5.37. The highest BCUT2D eigenvalue weighted by Crippen LogP contribution is 2.24. The minimum Gasteiger partial charge on any atom is -0.384 e. The number of rotatable bonds is 2. The van der Waals surface area contributed by atoms with Gasteiger partial charge in [0.05, 0.1) is 12.1 Å². The summed E-state index contributed by atoms with van der Waals surface area (Å²) in [5, 5.41) is 6.37. The van der Waals surface area contributed by atoms with Crippen LogP contribution in [0.5, 0.6) is 0 Å². The largest absolute Gasteiger partial charge is 0.384 e. The Bertz CT molecular complexity index is 479. The highest BCUT2D eigenvalue weighted by molar-refractivity contribution is 5.95. The van der Waals surface area contributed by atoms with Crippen molar-refractivity contribution in [1.29, 1.82) is 0 Å². The zero-order valence-electron chi connectivity index (χ0n) is 10.6. The van der Waals surface area contributed by atoms with Crippen LogP contribution < -0.4 is 10.6 Å². The van der Waals surface area contributed by atoms with Crippen LogP contribution >= 0.6 is 0 Å². The van der Waals surface area contributed by atoms with Crippen molar-refractivity contribution in [2.45, 2.75) is 25.3 Å². The molecule has 1 amide bonds. The molecular formula is C14H18N2O2. The Labute approximate surface area is 107 Å². The number of hydrogen-bond acceptors (Lipinski definition) is 3. The van der Waals surface area contributed by atoms with Crippen molar-refractivity contribution in [2.24, 2.45) is 0 Å². The van der Waals surface area contributed by atoms with Crippen LogP contribution in [0.3, 0.4) is 0 Å². The standard InChI is InChI=1S/C14H18N2O2/c1-14(5-7-18-9-14)16-13(17)11-2-3-12-10(8-11)4-6-15-12/h2-3,8,15H,4-7,9H2,1H3,(H,16,17). The number of hydrogen-bond donors (Lipinski definition) is 2. The van der Waals surface area contributed by atoms with Crippen LogP contribution in [-0.2, 0) is 11.2 Å². The summed E-state index contributed by atoms with van der Waals surface area (Å²) in [5.41, 5.74) is 2.91. The lowest BCUT2D eigenvalue weighted by Gasteiger charge is -2.23. The predicted octanol–water partition coefficient (Wildman–Crippen LogP) is 1.56. The maximum absolute atomic E-state index is 12.2. The van der Waals surface area contributed by atoms with Gasteiger partial charge in [0.25, 0.3) is 5.91 Å². The van der Waals surface area contributed by atoms with Crippen LogP contribution in [-0.4, -0.2) is 31.2 Å². The fourth-order valence-electron chi connectivity index (χ4n) is 2.56. The summed E-state index contributed by atoms with van der Waals surface area (Å²) in [6.45, 7) is 4.33. The smallest absolute Gasteiger partial charge is 0.251 e. The van der Waals surface area contributed by atoms with Gasteiger partial charge in [-0.05, 0) is 43.5 Å². The molecule has 0 aliphatic carbocycles. The van der Waals surface area contributed by atoms with Gasteiger partial charge in [0, 0.05) is 24.4 Å². The highest BCUT2D eigenvalue weighted by Gasteiger charge is 2.31. The Balaban J connectivity index is 1.76. The summed E-state index contributed by atoms with van der Waals surface area (Å²) in [6, 6.07) is 5.86. The molecule has 1 aromatic carbocycles. The lowest BCUT2D eigenvalue weighted by molar-refractivity contribution is 0.0890. The third-order valence-electron chi connectivity index (χ3n) is 3.71. The van der Waals surface area contributed by atoms with E-state index < -0.39 is 0 Å². The summed E-state index contributed by atoms with van der Waals surface area (Å²) in [5.74, 6) is -0.00213. The van der Waals surface area contributed by atoms with Crippen LogP contribution in [0.15, 0.2) is 18.2 Å². The SMILES string of the molecule is CC1(NC(=O)c2ccc3c(c2)CCN3)CCOC1. The van der Waals surface area contributed by atoms with E-state index in [4.69, 9.17) is 4.74 Å². The van der Waals surface area contributed by atoms with Crippen molar-refractivity contribution in [2.75, 3.05) is 25.1 Å². The Morgan fingerprint density at radius 3 is 3.17 bits per heavy atom. The van der Waals surface area contributed by atoms with Crippen LogP contribution in [0.1, 0.15) is 29.3 Å². The van der Waals surface area contributed by atoms with Gasteiger partial charge in [-0.1, -0.05) is 0 Å². The third kappa shape index (κ3) is 2.08. The zero-order chi connectivity index (χ0) is 12.6. The Morgan fingerprint density at radius 1 is 1.50 bits per heavy atom. The molecule has 0 radical (unpaired) electrons. The van der Waals surface area contributed by atoms with Gasteiger partial charge in [-0.3, -0.25) is 4.79 Å². The number of ether oxygens (including phenoxy) is 1. The zero-order valence-corrected chi connectivity index (χ0v) is 10.6. The first-order valence-electron chi connectivity index (χ1n) is 6.43. The maximum atomic E-state index is 12.2. The number of nitrogens with one attached hydrogen (secondary N) is 2. The van der Waals surface area contributed by atoms with E-state index in [9.17, 15) is 4.79 Å². The average molecular weight is 246 g/mol. The topological polar surface area (TPSA) is 50.4 Å². The van der Waals surface area contributed by atoms with Gasteiger partial charge in [-0.25, -0.2) is 0 Å². The molecule has 0 bridgehead atoms. The first-order valence-corrected chi connectivity index (χ1v) is 6.43. The number of amides is 1. The van der Waals surface area contributed by atoms with Crippen molar-refractivity contribution in [3.8, 4) is 0 Å². The molecule has 96 valence electrons. The lowest BCUT2D eigenvalue weighted by Crippen LogP contribution is -2.46. The van der Waals surface area contributed by atoms with E-state index in [-0.39, 0.29) is 11.4 Å². The predicted molar refractivity (Wildman–Crippen MR) is 69.9 cm³/mol. The lowest BCUT2D eigenvalue weighted by atomic mass is 10.0. The summed E-state index contributed by atoms with van der Waals surface area (Å²) in [4.78, 5) is 12.2. The third-order valence-corrected chi connectivity index (χ3v) is 3.71. The summed E-state index contributed by atoms with van der Waals surface area (Å²) in [7, 11) is 0. The first-order chi connectivity index (χ1) is 8.66. The van der Waals surface area contributed by atoms with E-state index >= 15 is 0 Å². The summed E-state index contributed by atoms with van der Waals surface area (Å²) >= 11 is 0. The number of fused-ring (bicyclic) bond motifs is 1. The maximum Gasteiger partial charge on any atom is 0.251 e. The molecule has 0 saturated carbocycles. The minimum atomic E-state index is -0.214. The molecule has 4 heteroatoms. The Hall–Kier alpha value is -1.55. The van der Waals surface area contributed by atoms with Crippen molar-refractivity contribution in [3.63, 3.8) is 0 Å². The van der Waals surface area contributed by atoms with Gasteiger partial charge in [-0.2, -0.15) is 0 Å². The molecule has 1 fully saturated rings. The van der Waals surface area contributed by atoms with Crippen LogP contribution in [0.2, 0.25) is 0 Å². The van der Waals surface area contributed by atoms with Crippen molar-refractivity contribution >= 4 is 11.6 Å². The van der Waals surface area contributed by atoms with Crippen molar-refractivity contribution < 1.29 is 9.53 Å². The fourth-order valence-corrected chi connectivity index (χ4v) is 2.56. The Morgan fingerprint density at radius 2 is 2.39 bits per heavy atom. The molecule has 1 saturated heterocycles. The Kier molecular flexibility index (Phi) is 2.74. The quantitative estimate of drug-likeness (QED) is 0.832. The van der Waals surface area contributed by atoms with Gasteiger partial charge in [0.2, 0.25) is 0 Å². The van der Waals surface area contributed by atoms with E-state index in [0.717, 1.165) is 37.2 Å². The normalized spacial score (nSPS) is 25.6. The summed E-state index contributed by atoms with van der Waals surface area (Å²) < 4.78 is 5.35. The average Bonchev–Trinajstić information content (AvgIpc) is 2.96. The molecule has 2 aliphatic heterocycles. The van der Waals surface area contributed by atoms with Gasteiger partial charge in [0.1, 0.15) is 0 Å². The van der Waals surface area contributed by atoms with Crippen LogP contribution in [0, 0.1) is 0 Å². The van der Waals surface area contributed by atoms with Gasteiger partial charge in [0.15, 0.2) is 0 Å². The molecule has 1 unspecified atom stereocenters. The monoisotopic (exact) mass is 246 g/mol. The van der Waals surface area contributed by atoms with Crippen LogP contribution in [0.25, 0.3) is 0 Å². The molecule has 3 rings (SSSR count). The van der Waals surface area contributed by atoms with E-state index in [2.05, 4.69) is 10.6 Å². The van der Waals surface area contributed by atoms with Gasteiger partial charge >= 0.3 is 0 Å². The molecular weight excluding hydrogens is 228 g/mol. The molecule has 18 heavy (non-hydrogen) atoms. The minimum absolute atomic E-state index is 0.00213. The van der Waals surface area contributed by atoms with Gasteiger partial charge in [-0.15, -0.1) is 0 Å². The van der Waals surface area contributed by atoms with Crippen molar-refractivity contribution in [1.82, 2.24) is 5.32 Å². The second kappa shape index (κ2) is 4.28. The molecule has 1 atom stereocenters. The fraction of sp³-hybridized carbons (Fsp3) is 0.500.